The standard InChI is InChI=1S/C22H21N3O3/c1-2-27-20-9-7-19(8-10-20)25-14-17-6-5-16(12-18(17)15-25)22(26)24-23-13-21-4-3-11-28-21/h3-13H,2,14-15H2,1H3,(H,24,26)/b23-13-. The van der Waals surface area contributed by atoms with Crippen LogP contribution < -0.4 is 15.1 Å². The predicted molar refractivity (Wildman–Crippen MR) is 108 cm³/mol. The summed E-state index contributed by atoms with van der Waals surface area (Å²) >= 11 is 0. The van der Waals surface area contributed by atoms with Gasteiger partial charge in [-0.25, -0.2) is 5.43 Å². The van der Waals surface area contributed by atoms with Crippen LogP contribution in [0.4, 0.5) is 5.69 Å². The molecule has 1 aliphatic heterocycles. The fraction of sp³-hybridized carbons (Fsp3) is 0.182. The third-order valence-corrected chi connectivity index (χ3v) is 4.60. The first-order chi connectivity index (χ1) is 13.7. The van der Waals surface area contributed by atoms with Gasteiger partial charge in [0.05, 0.1) is 19.1 Å². The summed E-state index contributed by atoms with van der Waals surface area (Å²) in [6, 6.07) is 17.4. The summed E-state index contributed by atoms with van der Waals surface area (Å²) in [5, 5.41) is 3.93. The lowest BCUT2D eigenvalue weighted by Gasteiger charge is -2.18. The van der Waals surface area contributed by atoms with E-state index < -0.39 is 0 Å². The van der Waals surface area contributed by atoms with Crippen molar-refractivity contribution in [3.05, 3.63) is 83.3 Å². The lowest BCUT2D eigenvalue weighted by Crippen LogP contribution is -2.17. The van der Waals surface area contributed by atoms with E-state index >= 15 is 0 Å². The van der Waals surface area contributed by atoms with Gasteiger partial charge in [0.15, 0.2) is 0 Å². The van der Waals surface area contributed by atoms with E-state index in [-0.39, 0.29) is 5.91 Å². The molecule has 0 fully saturated rings. The molecule has 1 N–H and O–H groups in total. The van der Waals surface area contributed by atoms with E-state index in [4.69, 9.17) is 9.15 Å². The maximum atomic E-state index is 12.3. The van der Waals surface area contributed by atoms with Gasteiger partial charge < -0.3 is 14.1 Å². The molecular formula is C22H21N3O3. The van der Waals surface area contributed by atoms with Crippen LogP contribution in [0.5, 0.6) is 5.75 Å². The van der Waals surface area contributed by atoms with Gasteiger partial charge in [-0.1, -0.05) is 6.07 Å². The Labute approximate surface area is 163 Å². The van der Waals surface area contributed by atoms with Crippen molar-refractivity contribution in [2.24, 2.45) is 5.10 Å². The number of carbonyl (C=O) groups is 1. The number of ether oxygens (including phenoxy) is 1. The molecule has 0 aliphatic carbocycles. The summed E-state index contributed by atoms with van der Waals surface area (Å²) in [6.45, 7) is 4.22. The molecule has 0 atom stereocenters. The highest BCUT2D eigenvalue weighted by Gasteiger charge is 2.20. The Morgan fingerprint density at radius 1 is 1.18 bits per heavy atom. The first-order valence-corrected chi connectivity index (χ1v) is 9.19. The van der Waals surface area contributed by atoms with E-state index in [0.717, 1.165) is 30.1 Å². The molecule has 0 saturated heterocycles. The van der Waals surface area contributed by atoms with Crippen LogP contribution in [0, 0.1) is 0 Å². The zero-order chi connectivity index (χ0) is 19.3. The summed E-state index contributed by atoms with van der Waals surface area (Å²) in [7, 11) is 0. The average Bonchev–Trinajstić information content (AvgIpc) is 3.37. The van der Waals surface area contributed by atoms with Gasteiger partial charge in [0.25, 0.3) is 5.91 Å². The zero-order valence-electron chi connectivity index (χ0n) is 15.6. The molecule has 1 amide bonds. The molecule has 1 aliphatic rings. The molecule has 0 spiro atoms. The molecule has 0 bridgehead atoms. The Kier molecular flexibility index (Phi) is 5.10. The number of hydrazone groups is 1. The quantitative estimate of drug-likeness (QED) is 0.523. The Bertz CT molecular complexity index is 979. The number of furan rings is 1. The minimum atomic E-state index is -0.245. The van der Waals surface area contributed by atoms with Crippen molar-refractivity contribution < 1.29 is 13.9 Å². The molecular weight excluding hydrogens is 354 g/mol. The molecule has 0 saturated carbocycles. The fourth-order valence-corrected chi connectivity index (χ4v) is 3.22. The molecule has 28 heavy (non-hydrogen) atoms. The van der Waals surface area contributed by atoms with Gasteiger partial charge in [0.1, 0.15) is 11.5 Å². The van der Waals surface area contributed by atoms with Crippen LogP contribution in [0.25, 0.3) is 0 Å². The Hall–Kier alpha value is -3.54. The second kappa shape index (κ2) is 8.00. The third kappa shape index (κ3) is 3.91. The highest BCUT2D eigenvalue weighted by Crippen LogP contribution is 2.30. The summed E-state index contributed by atoms with van der Waals surface area (Å²) < 4.78 is 10.6. The second-order valence-electron chi connectivity index (χ2n) is 6.48. The predicted octanol–water partition coefficient (Wildman–Crippen LogP) is 3.96. The van der Waals surface area contributed by atoms with E-state index in [1.54, 1.807) is 18.4 Å². The number of nitrogens with zero attached hydrogens (tertiary/aromatic N) is 2. The minimum absolute atomic E-state index is 0.245. The summed E-state index contributed by atoms with van der Waals surface area (Å²) in [4.78, 5) is 14.6. The van der Waals surface area contributed by atoms with Gasteiger partial charge in [-0.05, 0) is 66.6 Å². The number of hydrogen-bond acceptors (Lipinski definition) is 5. The average molecular weight is 375 g/mol. The molecule has 6 heteroatoms. The van der Waals surface area contributed by atoms with Crippen LogP contribution in [0.1, 0.15) is 34.2 Å². The van der Waals surface area contributed by atoms with Crippen molar-refractivity contribution in [2.45, 2.75) is 20.0 Å². The summed E-state index contributed by atoms with van der Waals surface area (Å²) in [5.41, 5.74) is 6.63. The van der Waals surface area contributed by atoms with Crippen molar-refractivity contribution >= 4 is 17.8 Å². The minimum Gasteiger partial charge on any atom is -0.494 e. The van der Waals surface area contributed by atoms with Crippen LogP contribution in [-0.4, -0.2) is 18.7 Å². The van der Waals surface area contributed by atoms with Crippen molar-refractivity contribution in [2.75, 3.05) is 11.5 Å². The maximum Gasteiger partial charge on any atom is 0.271 e. The summed E-state index contributed by atoms with van der Waals surface area (Å²) in [5.74, 6) is 1.21. The Morgan fingerprint density at radius 3 is 2.75 bits per heavy atom. The fourth-order valence-electron chi connectivity index (χ4n) is 3.22. The third-order valence-electron chi connectivity index (χ3n) is 4.60. The zero-order valence-corrected chi connectivity index (χ0v) is 15.6. The van der Waals surface area contributed by atoms with E-state index in [9.17, 15) is 4.79 Å². The van der Waals surface area contributed by atoms with E-state index in [1.807, 2.05) is 37.3 Å². The van der Waals surface area contributed by atoms with E-state index in [1.165, 1.54) is 11.8 Å². The van der Waals surface area contributed by atoms with Crippen molar-refractivity contribution in [1.82, 2.24) is 5.43 Å². The lowest BCUT2D eigenvalue weighted by atomic mass is 10.1. The number of benzene rings is 2. The van der Waals surface area contributed by atoms with Crippen LogP contribution in [0.3, 0.4) is 0 Å². The molecule has 142 valence electrons. The summed E-state index contributed by atoms with van der Waals surface area (Å²) in [6.07, 6.45) is 3.03. The molecule has 6 nitrogen and oxygen atoms in total. The number of hydrogen-bond donors (Lipinski definition) is 1. The number of carbonyl (C=O) groups excluding carboxylic acids is 1. The highest BCUT2D eigenvalue weighted by atomic mass is 16.5. The molecule has 2 heterocycles. The molecule has 3 aromatic rings. The Balaban J connectivity index is 1.41. The first-order valence-electron chi connectivity index (χ1n) is 9.19. The number of amides is 1. The molecule has 0 radical (unpaired) electrons. The molecule has 4 rings (SSSR count). The van der Waals surface area contributed by atoms with Crippen molar-refractivity contribution in [3.8, 4) is 5.75 Å². The van der Waals surface area contributed by atoms with Gasteiger partial charge in [-0.15, -0.1) is 0 Å². The van der Waals surface area contributed by atoms with Crippen LogP contribution in [0.2, 0.25) is 0 Å². The maximum absolute atomic E-state index is 12.3. The van der Waals surface area contributed by atoms with Crippen LogP contribution in [-0.2, 0) is 13.1 Å². The van der Waals surface area contributed by atoms with Crippen molar-refractivity contribution in [1.29, 1.82) is 0 Å². The molecule has 0 unspecified atom stereocenters. The topological polar surface area (TPSA) is 67.1 Å². The van der Waals surface area contributed by atoms with Gasteiger partial charge >= 0.3 is 0 Å². The highest BCUT2D eigenvalue weighted by molar-refractivity contribution is 5.95. The lowest BCUT2D eigenvalue weighted by molar-refractivity contribution is 0.0955. The monoisotopic (exact) mass is 375 g/mol. The first kappa shape index (κ1) is 17.9. The number of fused-ring (bicyclic) bond motifs is 1. The van der Waals surface area contributed by atoms with Crippen LogP contribution >= 0.6 is 0 Å². The van der Waals surface area contributed by atoms with Crippen molar-refractivity contribution in [3.63, 3.8) is 0 Å². The van der Waals surface area contributed by atoms with Gasteiger partial charge in [-0.3, -0.25) is 4.79 Å². The normalized spacial score (nSPS) is 13.0. The smallest absolute Gasteiger partial charge is 0.271 e. The number of anilines is 1. The Morgan fingerprint density at radius 2 is 2.00 bits per heavy atom. The molecule has 1 aromatic heterocycles. The SMILES string of the molecule is CCOc1ccc(N2Cc3ccc(C(=O)N/N=C\c4ccco4)cc3C2)cc1. The largest absolute Gasteiger partial charge is 0.494 e. The van der Waals surface area contributed by atoms with Gasteiger partial charge in [-0.2, -0.15) is 5.10 Å². The second-order valence-corrected chi connectivity index (χ2v) is 6.48. The van der Waals surface area contributed by atoms with Gasteiger partial charge in [0.2, 0.25) is 0 Å². The van der Waals surface area contributed by atoms with E-state index in [2.05, 4.69) is 27.6 Å². The molecule has 2 aromatic carbocycles. The number of nitrogens with one attached hydrogen (secondary N) is 1. The number of rotatable bonds is 6. The van der Waals surface area contributed by atoms with E-state index in [0.29, 0.717) is 17.9 Å². The van der Waals surface area contributed by atoms with Crippen LogP contribution in [0.15, 0.2) is 70.4 Å². The van der Waals surface area contributed by atoms with Gasteiger partial charge in [0, 0.05) is 24.3 Å².